The van der Waals surface area contributed by atoms with Crippen molar-refractivity contribution in [2.24, 2.45) is 4.99 Å². The van der Waals surface area contributed by atoms with Crippen molar-refractivity contribution in [3.8, 4) is 0 Å². The lowest BCUT2D eigenvalue weighted by atomic mass is 10.0. The minimum absolute atomic E-state index is 0.953. The highest BCUT2D eigenvalue weighted by Crippen LogP contribution is 2.26. The first-order valence-electron chi connectivity index (χ1n) is 8.32. The van der Waals surface area contributed by atoms with Gasteiger partial charge in [0, 0.05) is 25.2 Å². The topological polar surface area (TPSA) is 15.6 Å². The molecule has 2 aliphatic rings. The third kappa shape index (κ3) is 4.45. The van der Waals surface area contributed by atoms with Crippen molar-refractivity contribution in [1.29, 1.82) is 0 Å². The summed E-state index contributed by atoms with van der Waals surface area (Å²) in [6.07, 6.45) is 16.8. The van der Waals surface area contributed by atoms with Crippen molar-refractivity contribution in [3.05, 3.63) is 46.8 Å². The molecule has 2 bridgehead atoms. The number of nitrogens with zero attached hydrogens (tertiary/aromatic N) is 2. The third-order valence-electron chi connectivity index (χ3n) is 4.13. The molecule has 0 saturated heterocycles. The molecule has 114 valence electrons. The molecule has 0 unspecified atom stereocenters. The van der Waals surface area contributed by atoms with Gasteiger partial charge in [0.1, 0.15) is 0 Å². The van der Waals surface area contributed by atoms with Crippen LogP contribution in [0.3, 0.4) is 0 Å². The highest BCUT2D eigenvalue weighted by atomic mass is 15.1. The molecule has 1 aliphatic heterocycles. The predicted octanol–water partition coefficient (Wildman–Crippen LogP) is 5.02. The second kappa shape index (κ2) is 8.02. The van der Waals surface area contributed by atoms with Crippen LogP contribution in [0, 0.1) is 0 Å². The molecule has 2 nitrogen and oxygen atoms in total. The van der Waals surface area contributed by atoms with E-state index >= 15 is 0 Å². The number of hydrogen-bond donors (Lipinski definition) is 0. The Labute approximate surface area is 129 Å². The Morgan fingerprint density at radius 1 is 1.14 bits per heavy atom. The van der Waals surface area contributed by atoms with E-state index in [0.717, 1.165) is 25.2 Å². The summed E-state index contributed by atoms with van der Waals surface area (Å²) in [4.78, 5) is 7.21. The van der Waals surface area contributed by atoms with Crippen molar-refractivity contribution >= 4 is 6.21 Å². The molecule has 0 radical (unpaired) electrons. The van der Waals surface area contributed by atoms with Gasteiger partial charge >= 0.3 is 0 Å². The second-order valence-corrected chi connectivity index (χ2v) is 5.92. The van der Waals surface area contributed by atoms with E-state index in [9.17, 15) is 0 Å². The fraction of sp³-hybridized carbons (Fsp3) is 0.526. The molecule has 1 aliphatic carbocycles. The standard InChI is InChI=1S/C19H28N2/c1-4-6-11-21(12-7-5-2)19-14-17-13-18(20-15-19)10-8-9-16(17)3/h8-10,14-15H,4-7,11-13H2,1-3H3. The van der Waals surface area contributed by atoms with Crippen molar-refractivity contribution in [1.82, 2.24) is 4.90 Å². The first-order chi connectivity index (χ1) is 10.2. The Hall–Kier alpha value is -1.57. The molecule has 0 aromatic heterocycles. The van der Waals surface area contributed by atoms with Gasteiger partial charge in [-0.1, -0.05) is 38.8 Å². The average Bonchev–Trinajstić information content (AvgIpc) is 2.80. The van der Waals surface area contributed by atoms with Gasteiger partial charge in [-0.05, 0) is 43.1 Å². The summed E-state index contributed by atoms with van der Waals surface area (Å²) in [5, 5.41) is 0. The monoisotopic (exact) mass is 284 g/mol. The number of rotatable bonds is 7. The minimum Gasteiger partial charge on any atom is -0.370 e. The zero-order valence-electron chi connectivity index (χ0n) is 13.7. The highest BCUT2D eigenvalue weighted by molar-refractivity contribution is 5.81. The molecule has 0 N–H and O–H groups in total. The number of aliphatic imine (C=N–C) groups is 1. The van der Waals surface area contributed by atoms with Crippen LogP contribution in [-0.2, 0) is 0 Å². The summed E-state index contributed by atoms with van der Waals surface area (Å²) in [7, 11) is 0. The Morgan fingerprint density at radius 2 is 1.86 bits per heavy atom. The van der Waals surface area contributed by atoms with E-state index in [1.807, 2.05) is 0 Å². The number of hydrogen-bond acceptors (Lipinski definition) is 2. The van der Waals surface area contributed by atoms with Crippen LogP contribution in [-0.4, -0.2) is 24.2 Å². The summed E-state index contributed by atoms with van der Waals surface area (Å²) in [6, 6.07) is 0. The highest BCUT2D eigenvalue weighted by Gasteiger charge is 2.14. The first-order valence-corrected chi connectivity index (χ1v) is 8.32. The van der Waals surface area contributed by atoms with Crippen LogP contribution in [0.1, 0.15) is 52.9 Å². The third-order valence-corrected chi connectivity index (χ3v) is 4.13. The average molecular weight is 284 g/mol. The normalized spacial score (nSPS) is 17.3. The van der Waals surface area contributed by atoms with Gasteiger partial charge in [0.05, 0.1) is 11.9 Å². The molecule has 2 heteroatoms. The van der Waals surface area contributed by atoms with E-state index in [-0.39, 0.29) is 0 Å². The molecule has 0 saturated carbocycles. The lowest BCUT2D eigenvalue weighted by Gasteiger charge is -2.25. The van der Waals surface area contributed by atoms with Crippen LogP contribution in [0.2, 0.25) is 0 Å². The lowest BCUT2D eigenvalue weighted by molar-refractivity contribution is 0.347. The molecule has 0 aromatic carbocycles. The van der Waals surface area contributed by atoms with Crippen LogP contribution in [0.5, 0.6) is 0 Å². The Kier molecular flexibility index (Phi) is 6.04. The molecule has 21 heavy (non-hydrogen) atoms. The van der Waals surface area contributed by atoms with Crippen LogP contribution in [0.4, 0.5) is 0 Å². The molecule has 2 rings (SSSR count). The van der Waals surface area contributed by atoms with Gasteiger partial charge in [0.15, 0.2) is 0 Å². The summed E-state index contributed by atoms with van der Waals surface area (Å²) in [5.74, 6) is 0. The van der Waals surface area contributed by atoms with Crippen molar-refractivity contribution in [2.45, 2.75) is 52.9 Å². The van der Waals surface area contributed by atoms with Crippen LogP contribution in [0.25, 0.3) is 0 Å². The quantitative estimate of drug-likeness (QED) is 0.641. The fourth-order valence-corrected chi connectivity index (χ4v) is 2.66. The van der Waals surface area contributed by atoms with Crippen LogP contribution < -0.4 is 0 Å². The molecule has 0 amide bonds. The Balaban J connectivity index is 2.26. The zero-order valence-corrected chi connectivity index (χ0v) is 13.7. The van der Waals surface area contributed by atoms with Crippen LogP contribution >= 0.6 is 0 Å². The van der Waals surface area contributed by atoms with E-state index < -0.39 is 0 Å². The van der Waals surface area contributed by atoms with E-state index in [2.05, 4.69) is 56.2 Å². The Morgan fingerprint density at radius 3 is 2.52 bits per heavy atom. The van der Waals surface area contributed by atoms with Gasteiger partial charge in [-0.2, -0.15) is 0 Å². The van der Waals surface area contributed by atoms with Gasteiger partial charge in [-0.25, -0.2) is 0 Å². The lowest BCUT2D eigenvalue weighted by Crippen LogP contribution is -2.26. The maximum absolute atomic E-state index is 4.70. The summed E-state index contributed by atoms with van der Waals surface area (Å²) < 4.78 is 0. The van der Waals surface area contributed by atoms with E-state index in [4.69, 9.17) is 4.99 Å². The van der Waals surface area contributed by atoms with E-state index in [1.165, 1.54) is 42.5 Å². The van der Waals surface area contributed by atoms with E-state index in [1.54, 1.807) is 0 Å². The predicted molar refractivity (Wildman–Crippen MR) is 92.5 cm³/mol. The van der Waals surface area contributed by atoms with Crippen molar-refractivity contribution in [3.63, 3.8) is 0 Å². The van der Waals surface area contributed by atoms with Crippen molar-refractivity contribution in [2.75, 3.05) is 13.1 Å². The smallest absolute Gasteiger partial charge is 0.0555 e. The molecular weight excluding hydrogens is 256 g/mol. The molecule has 0 fully saturated rings. The van der Waals surface area contributed by atoms with E-state index in [0.29, 0.717) is 0 Å². The van der Waals surface area contributed by atoms with Gasteiger partial charge < -0.3 is 4.90 Å². The second-order valence-electron chi connectivity index (χ2n) is 5.92. The fourth-order valence-electron chi connectivity index (χ4n) is 2.66. The molecule has 0 spiro atoms. The summed E-state index contributed by atoms with van der Waals surface area (Å²) >= 11 is 0. The summed E-state index contributed by atoms with van der Waals surface area (Å²) in [5.41, 5.74) is 5.20. The maximum Gasteiger partial charge on any atom is 0.0555 e. The van der Waals surface area contributed by atoms with Gasteiger partial charge in [0.2, 0.25) is 0 Å². The van der Waals surface area contributed by atoms with Gasteiger partial charge in [-0.3, -0.25) is 4.99 Å². The van der Waals surface area contributed by atoms with Crippen molar-refractivity contribution < 1.29 is 0 Å². The SMILES string of the molecule is CCCCN(CCCC)C1=CC2=C(C)C=CC=C(C2)N=C1. The van der Waals surface area contributed by atoms with Crippen LogP contribution in [0.15, 0.2) is 51.8 Å². The van der Waals surface area contributed by atoms with Gasteiger partial charge in [0.25, 0.3) is 0 Å². The number of unbranched alkanes of at least 4 members (excludes halogenated alkanes) is 2. The minimum atomic E-state index is 0.953. The number of allylic oxidation sites excluding steroid dienone is 7. The zero-order chi connectivity index (χ0) is 15.1. The Bertz CT molecular complexity index is 496. The number of fused-ring (bicyclic) bond motifs is 2. The molecule has 0 atom stereocenters. The first kappa shape index (κ1) is 15.8. The summed E-state index contributed by atoms with van der Waals surface area (Å²) in [6.45, 7) is 8.98. The molecular formula is C19H28N2. The molecule has 1 heterocycles. The molecule has 0 aromatic rings. The maximum atomic E-state index is 4.70. The van der Waals surface area contributed by atoms with Gasteiger partial charge in [-0.15, -0.1) is 0 Å². The largest absolute Gasteiger partial charge is 0.370 e.